The summed E-state index contributed by atoms with van der Waals surface area (Å²) >= 11 is 0. The second-order valence-electron chi connectivity index (χ2n) is 4.27. The van der Waals surface area contributed by atoms with Gasteiger partial charge in [-0.3, -0.25) is 0 Å². The van der Waals surface area contributed by atoms with E-state index in [-0.39, 0.29) is 5.69 Å². The summed E-state index contributed by atoms with van der Waals surface area (Å²) in [5.41, 5.74) is 1.85. The summed E-state index contributed by atoms with van der Waals surface area (Å²) in [6.07, 6.45) is 5.81. The van der Waals surface area contributed by atoms with Gasteiger partial charge in [0.25, 0.3) is 0 Å². The van der Waals surface area contributed by atoms with Crippen LogP contribution in [-0.4, -0.2) is 33.6 Å². The van der Waals surface area contributed by atoms with Gasteiger partial charge in [0, 0.05) is 25.0 Å². The van der Waals surface area contributed by atoms with E-state index in [2.05, 4.69) is 9.88 Å². The Balaban J connectivity index is 2.09. The van der Waals surface area contributed by atoms with Crippen LogP contribution < -0.4 is 4.90 Å². The number of hydrogen-bond donors (Lipinski definition) is 1. The van der Waals surface area contributed by atoms with Crippen molar-refractivity contribution in [3.05, 3.63) is 30.4 Å². The molecule has 3 heterocycles. The summed E-state index contributed by atoms with van der Waals surface area (Å²) in [6, 6.07) is 3.91. The molecule has 2 aromatic rings. The highest BCUT2D eigenvalue weighted by Gasteiger charge is 2.16. The van der Waals surface area contributed by atoms with Gasteiger partial charge in [0.15, 0.2) is 5.69 Å². The normalized spacial score (nSPS) is 15.6. The van der Waals surface area contributed by atoms with Crippen LogP contribution in [0.15, 0.2) is 24.7 Å². The molecule has 0 spiro atoms. The molecule has 0 amide bonds. The first-order chi connectivity index (χ1) is 8.25. The molecule has 0 aliphatic carbocycles. The summed E-state index contributed by atoms with van der Waals surface area (Å²) in [6.45, 7) is 2.10. The fourth-order valence-corrected chi connectivity index (χ4v) is 2.31. The van der Waals surface area contributed by atoms with Crippen molar-refractivity contribution in [3.8, 4) is 0 Å². The first-order valence-electron chi connectivity index (χ1n) is 5.70. The molecule has 0 atom stereocenters. The van der Waals surface area contributed by atoms with E-state index in [0.29, 0.717) is 5.52 Å². The van der Waals surface area contributed by atoms with Crippen molar-refractivity contribution in [2.24, 2.45) is 0 Å². The lowest BCUT2D eigenvalue weighted by molar-refractivity contribution is 0.0693. The van der Waals surface area contributed by atoms with Gasteiger partial charge in [-0.1, -0.05) is 0 Å². The summed E-state index contributed by atoms with van der Waals surface area (Å²) in [4.78, 5) is 17.2. The molecule has 0 unspecified atom stereocenters. The molecular weight excluding hydrogens is 218 g/mol. The van der Waals surface area contributed by atoms with Crippen LogP contribution in [0.3, 0.4) is 0 Å². The number of pyridine rings is 1. The maximum atomic E-state index is 11.0. The minimum Gasteiger partial charge on any atom is -0.476 e. The van der Waals surface area contributed by atoms with Crippen molar-refractivity contribution in [3.63, 3.8) is 0 Å². The Labute approximate surface area is 98.3 Å². The third-order valence-electron chi connectivity index (χ3n) is 3.20. The quantitative estimate of drug-likeness (QED) is 0.853. The Hall–Kier alpha value is -2.04. The predicted octanol–water partition coefficient (Wildman–Crippen LogP) is 1.63. The highest BCUT2D eigenvalue weighted by molar-refractivity contribution is 5.94. The molecule has 88 valence electrons. The molecule has 3 rings (SSSR count). The summed E-state index contributed by atoms with van der Waals surface area (Å²) in [5.74, 6) is -0.980. The molecule has 5 heteroatoms. The van der Waals surface area contributed by atoms with Gasteiger partial charge in [0.1, 0.15) is 6.33 Å². The van der Waals surface area contributed by atoms with Crippen molar-refractivity contribution < 1.29 is 9.90 Å². The first-order valence-corrected chi connectivity index (χ1v) is 5.70. The minimum atomic E-state index is -0.980. The average molecular weight is 231 g/mol. The van der Waals surface area contributed by atoms with Crippen molar-refractivity contribution in [1.29, 1.82) is 0 Å². The topological polar surface area (TPSA) is 57.8 Å². The second-order valence-corrected chi connectivity index (χ2v) is 4.27. The largest absolute Gasteiger partial charge is 0.476 e. The number of nitrogens with zero attached hydrogens (tertiary/aromatic N) is 3. The Bertz CT molecular complexity index is 570. The standard InChI is InChI=1S/C12H13N3O2/c16-12(17)11-10-7-9(14-4-1-2-5-14)3-6-15(10)8-13-11/h3,6-8H,1-2,4-5H2,(H,16,17). The highest BCUT2D eigenvalue weighted by Crippen LogP contribution is 2.22. The monoisotopic (exact) mass is 231 g/mol. The molecule has 5 nitrogen and oxygen atoms in total. The number of carboxylic acid groups (broad SMARTS) is 1. The van der Waals surface area contributed by atoms with Crippen molar-refractivity contribution in [2.75, 3.05) is 18.0 Å². The number of carboxylic acids is 1. The van der Waals surface area contributed by atoms with Crippen molar-refractivity contribution in [2.45, 2.75) is 12.8 Å². The molecule has 1 fully saturated rings. The third-order valence-corrected chi connectivity index (χ3v) is 3.20. The summed E-state index contributed by atoms with van der Waals surface area (Å²) < 4.78 is 1.74. The van der Waals surface area contributed by atoms with Crippen LogP contribution in [0.1, 0.15) is 23.3 Å². The predicted molar refractivity (Wildman–Crippen MR) is 63.6 cm³/mol. The minimum absolute atomic E-state index is 0.117. The molecule has 2 aromatic heterocycles. The first kappa shape index (κ1) is 10.1. The molecule has 17 heavy (non-hydrogen) atoms. The Morgan fingerprint density at radius 3 is 2.82 bits per heavy atom. The molecule has 0 saturated carbocycles. The van der Waals surface area contributed by atoms with Crippen LogP contribution in [-0.2, 0) is 0 Å². The SMILES string of the molecule is O=C(O)c1ncn2ccc(N3CCCC3)cc12. The van der Waals surface area contributed by atoms with Gasteiger partial charge in [-0.05, 0) is 25.0 Å². The van der Waals surface area contributed by atoms with E-state index >= 15 is 0 Å². The number of imidazole rings is 1. The van der Waals surface area contributed by atoms with Gasteiger partial charge in [-0.15, -0.1) is 0 Å². The number of anilines is 1. The highest BCUT2D eigenvalue weighted by atomic mass is 16.4. The number of fused-ring (bicyclic) bond motifs is 1. The second kappa shape index (κ2) is 3.76. The van der Waals surface area contributed by atoms with Crippen LogP contribution in [0.5, 0.6) is 0 Å². The third kappa shape index (κ3) is 1.63. The molecule has 1 N–H and O–H groups in total. The van der Waals surface area contributed by atoms with Gasteiger partial charge in [0.2, 0.25) is 0 Å². The molecule has 0 aromatic carbocycles. The van der Waals surface area contributed by atoms with Gasteiger partial charge in [0.05, 0.1) is 5.52 Å². The smallest absolute Gasteiger partial charge is 0.356 e. The molecular formula is C12H13N3O2. The fraction of sp³-hybridized carbons (Fsp3) is 0.333. The molecule has 1 aliphatic heterocycles. The Kier molecular flexibility index (Phi) is 2.24. The van der Waals surface area contributed by atoms with Crippen molar-refractivity contribution in [1.82, 2.24) is 9.38 Å². The van der Waals surface area contributed by atoms with Crippen LogP contribution in [0.4, 0.5) is 5.69 Å². The number of rotatable bonds is 2. The van der Waals surface area contributed by atoms with E-state index in [0.717, 1.165) is 18.8 Å². The van der Waals surface area contributed by atoms with E-state index in [4.69, 9.17) is 5.11 Å². The summed E-state index contributed by atoms with van der Waals surface area (Å²) in [7, 11) is 0. The zero-order chi connectivity index (χ0) is 11.8. The maximum Gasteiger partial charge on any atom is 0.356 e. The van der Waals surface area contributed by atoms with E-state index in [1.807, 2.05) is 18.3 Å². The fourth-order valence-electron chi connectivity index (χ4n) is 2.31. The zero-order valence-corrected chi connectivity index (χ0v) is 9.33. The van der Waals surface area contributed by atoms with E-state index in [1.54, 1.807) is 4.40 Å². The van der Waals surface area contributed by atoms with Crippen LogP contribution in [0.25, 0.3) is 5.52 Å². The zero-order valence-electron chi connectivity index (χ0n) is 9.33. The summed E-state index contributed by atoms with van der Waals surface area (Å²) in [5, 5.41) is 9.04. The van der Waals surface area contributed by atoms with Crippen LogP contribution >= 0.6 is 0 Å². The van der Waals surface area contributed by atoms with Gasteiger partial charge in [-0.2, -0.15) is 0 Å². The average Bonchev–Trinajstić information content (AvgIpc) is 2.97. The van der Waals surface area contributed by atoms with Gasteiger partial charge >= 0.3 is 5.97 Å². The van der Waals surface area contributed by atoms with Gasteiger partial charge in [-0.25, -0.2) is 9.78 Å². The number of aromatic nitrogens is 2. The molecule has 1 saturated heterocycles. The lowest BCUT2D eigenvalue weighted by Crippen LogP contribution is -2.17. The number of hydrogen-bond acceptors (Lipinski definition) is 3. The number of aromatic carboxylic acids is 1. The Morgan fingerprint density at radius 2 is 2.12 bits per heavy atom. The van der Waals surface area contributed by atoms with Gasteiger partial charge < -0.3 is 14.4 Å². The maximum absolute atomic E-state index is 11.0. The van der Waals surface area contributed by atoms with Crippen LogP contribution in [0, 0.1) is 0 Å². The molecule has 0 radical (unpaired) electrons. The van der Waals surface area contributed by atoms with E-state index in [1.165, 1.54) is 19.2 Å². The van der Waals surface area contributed by atoms with E-state index in [9.17, 15) is 4.79 Å². The number of carbonyl (C=O) groups is 1. The molecule has 0 bridgehead atoms. The molecule has 1 aliphatic rings. The lowest BCUT2D eigenvalue weighted by Gasteiger charge is -2.17. The van der Waals surface area contributed by atoms with Crippen LogP contribution in [0.2, 0.25) is 0 Å². The lowest BCUT2D eigenvalue weighted by atomic mass is 10.3. The van der Waals surface area contributed by atoms with E-state index < -0.39 is 5.97 Å². The Morgan fingerprint density at radius 1 is 1.35 bits per heavy atom. The van der Waals surface area contributed by atoms with Crippen molar-refractivity contribution >= 4 is 17.2 Å².